The minimum Gasteiger partial charge on any atom is -0.487 e. The van der Waals surface area contributed by atoms with Crippen LogP contribution in [-0.4, -0.2) is 22.3 Å². The summed E-state index contributed by atoms with van der Waals surface area (Å²) in [5.41, 5.74) is 6.86. The molecular weight excluding hydrogens is 306 g/mol. The predicted octanol–water partition coefficient (Wildman–Crippen LogP) is 2.32. The molecular formula is C18H17N3O3. The number of carbonyl (C=O) groups excluding carboxylic acids is 1. The van der Waals surface area contributed by atoms with Crippen LogP contribution in [0.3, 0.4) is 0 Å². The monoisotopic (exact) mass is 323 g/mol. The number of hydrogen-bond donors (Lipinski definition) is 1. The first-order valence-electron chi connectivity index (χ1n) is 7.44. The van der Waals surface area contributed by atoms with E-state index < -0.39 is 5.91 Å². The van der Waals surface area contributed by atoms with Crippen LogP contribution in [0.5, 0.6) is 11.5 Å². The lowest BCUT2D eigenvalue weighted by atomic mass is 10.3. The van der Waals surface area contributed by atoms with Crippen molar-refractivity contribution in [1.29, 1.82) is 0 Å². The summed E-state index contributed by atoms with van der Waals surface area (Å²) < 4.78 is 12.7. The zero-order valence-electron chi connectivity index (χ0n) is 13.0. The van der Waals surface area contributed by atoms with Gasteiger partial charge >= 0.3 is 0 Å². The van der Waals surface area contributed by atoms with E-state index in [9.17, 15) is 4.79 Å². The van der Waals surface area contributed by atoms with Crippen LogP contribution in [0.1, 0.15) is 5.69 Å². The SMILES string of the molecule is NC(=O)COc1ccc(OCc2ccn(-c3ccccc3)n2)cc1. The number of nitrogens with two attached hydrogens (primary N) is 1. The summed E-state index contributed by atoms with van der Waals surface area (Å²) in [5, 5.41) is 4.48. The average Bonchev–Trinajstić information content (AvgIpc) is 3.09. The normalized spacial score (nSPS) is 10.3. The highest BCUT2D eigenvalue weighted by molar-refractivity contribution is 5.75. The molecule has 0 spiro atoms. The number of ether oxygens (including phenoxy) is 2. The molecule has 6 nitrogen and oxygen atoms in total. The number of primary amides is 1. The summed E-state index contributed by atoms with van der Waals surface area (Å²) in [6.45, 7) is 0.221. The predicted molar refractivity (Wildman–Crippen MR) is 89.0 cm³/mol. The summed E-state index contributed by atoms with van der Waals surface area (Å²) in [4.78, 5) is 10.7. The van der Waals surface area contributed by atoms with E-state index in [1.807, 2.05) is 42.6 Å². The molecule has 0 fully saturated rings. The lowest BCUT2D eigenvalue weighted by molar-refractivity contribution is -0.119. The molecule has 1 heterocycles. The Morgan fingerprint density at radius 2 is 1.62 bits per heavy atom. The first-order chi connectivity index (χ1) is 11.7. The molecule has 0 bridgehead atoms. The number of hydrogen-bond acceptors (Lipinski definition) is 4. The lowest BCUT2D eigenvalue weighted by Crippen LogP contribution is -2.19. The molecule has 2 N–H and O–H groups in total. The fraction of sp³-hybridized carbons (Fsp3) is 0.111. The Morgan fingerprint density at radius 3 is 2.29 bits per heavy atom. The smallest absolute Gasteiger partial charge is 0.255 e. The van der Waals surface area contributed by atoms with Gasteiger partial charge in [0.25, 0.3) is 5.91 Å². The molecule has 0 saturated heterocycles. The molecule has 0 unspecified atom stereocenters. The first-order valence-corrected chi connectivity index (χ1v) is 7.44. The Kier molecular flexibility index (Phi) is 4.76. The van der Waals surface area contributed by atoms with Gasteiger partial charge in [-0.15, -0.1) is 0 Å². The molecule has 0 radical (unpaired) electrons. The quantitative estimate of drug-likeness (QED) is 0.723. The van der Waals surface area contributed by atoms with Crippen LogP contribution >= 0.6 is 0 Å². The van der Waals surface area contributed by atoms with Crippen molar-refractivity contribution in [2.75, 3.05) is 6.61 Å². The van der Waals surface area contributed by atoms with Crippen molar-refractivity contribution in [2.45, 2.75) is 6.61 Å². The van der Waals surface area contributed by atoms with Crippen molar-refractivity contribution in [3.8, 4) is 17.2 Å². The summed E-state index contributed by atoms with van der Waals surface area (Å²) in [7, 11) is 0. The molecule has 3 rings (SSSR count). The highest BCUT2D eigenvalue weighted by Gasteiger charge is 2.03. The molecule has 3 aromatic rings. The second-order valence-corrected chi connectivity index (χ2v) is 5.10. The molecule has 0 aliphatic carbocycles. The standard InChI is InChI=1S/C18H17N3O3/c19-18(22)13-24-17-8-6-16(7-9-17)23-12-14-10-11-21(20-14)15-4-2-1-3-5-15/h1-11H,12-13H2,(H2,19,22). The largest absolute Gasteiger partial charge is 0.487 e. The Labute approximate surface area is 139 Å². The fourth-order valence-electron chi connectivity index (χ4n) is 2.11. The van der Waals surface area contributed by atoms with Crippen molar-refractivity contribution in [3.63, 3.8) is 0 Å². The van der Waals surface area contributed by atoms with Crippen molar-refractivity contribution in [2.24, 2.45) is 5.73 Å². The van der Waals surface area contributed by atoms with Crippen LogP contribution in [0.4, 0.5) is 0 Å². The van der Waals surface area contributed by atoms with Gasteiger partial charge in [0.2, 0.25) is 0 Å². The number of carbonyl (C=O) groups is 1. The number of rotatable bonds is 7. The summed E-state index contributed by atoms with van der Waals surface area (Å²) in [6, 6.07) is 18.8. The van der Waals surface area contributed by atoms with Gasteiger partial charge in [0.05, 0.1) is 5.69 Å². The second-order valence-electron chi connectivity index (χ2n) is 5.10. The number of nitrogens with zero attached hydrogens (tertiary/aromatic N) is 2. The van der Waals surface area contributed by atoms with Gasteiger partial charge in [-0.25, -0.2) is 4.68 Å². The topological polar surface area (TPSA) is 79.4 Å². The van der Waals surface area contributed by atoms with Crippen LogP contribution in [0, 0.1) is 0 Å². The van der Waals surface area contributed by atoms with Gasteiger partial charge in [-0.3, -0.25) is 4.79 Å². The molecule has 24 heavy (non-hydrogen) atoms. The van der Waals surface area contributed by atoms with E-state index >= 15 is 0 Å². The first kappa shape index (κ1) is 15.6. The van der Waals surface area contributed by atoms with Gasteiger partial charge in [0.15, 0.2) is 6.61 Å². The molecule has 0 aliphatic rings. The lowest BCUT2D eigenvalue weighted by Gasteiger charge is -2.07. The van der Waals surface area contributed by atoms with Crippen LogP contribution < -0.4 is 15.2 Å². The molecule has 2 aromatic carbocycles. The zero-order valence-corrected chi connectivity index (χ0v) is 13.0. The molecule has 0 saturated carbocycles. The molecule has 6 heteroatoms. The minimum absolute atomic E-state index is 0.142. The van der Waals surface area contributed by atoms with Crippen molar-refractivity contribution in [3.05, 3.63) is 72.6 Å². The van der Waals surface area contributed by atoms with Gasteiger partial charge in [0, 0.05) is 6.20 Å². The van der Waals surface area contributed by atoms with Gasteiger partial charge in [-0.2, -0.15) is 5.10 Å². The molecule has 0 atom stereocenters. The number of aromatic nitrogens is 2. The Balaban J connectivity index is 1.56. The van der Waals surface area contributed by atoms with Gasteiger partial charge in [0.1, 0.15) is 23.8 Å². The van der Waals surface area contributed by atoms with E-state index in [1.54, 1.807) is 28.9 Å². The van der Waals surface area contributed by atoms with E-state index in [2.05, 4.69) is 5.10 Å². The third kappa shape index (κ3) is 4.13. The fourth-order valence-corrected chi connectivity index (χ4v) is 2.11. The van der Waals surface area contributed by atoms with Gasteiger partial charge in [-0.1, -0.05) is 18.2 Å². The van der Waals surface area contributed by atoms with E-state index in [-0.39, 0.29) is 6.61 Å². The van der Waals surface area contributed by atoms with E-state index in [0.29, 0.717) is 18.1 Å². The summed E-state index contributed by atoms with van der Waals surface area (Å²) in [5.74, 6) is 0.745. The van der Waals surface area contributed by atoms with E-state index in [0.717, 1.165) is 11.4 Å². The molecule has 1 aromatic heterocycles. The highest BCUT2D eigenvalue weighted by Crippen LogP contribution is 2.18. The maximum Gasteiger partial charge on any atom is 0.255 e. The third-order valence-corrected chi connectivity index (χ3v) is 3.26. The maximum absolute atomic E-state index is 10.7. The minimum atomic E-state index is -0.510. The van der Waals surface area contributed by atoms with Gasteiger partial charge < -0.3 is 15.2 Å². The van der Waals surface area contributed by atoms with Crippen molar-refractivity contribution >= 4 is 5.91 Å². The van der Waals surface area contributed by atoms with Crippen LogP contribution in [0.25, 0.3) is 5.69 Å². The molecule has 0 aliphatic heterocycles. The maximum atomic E-state index is 10.7. The summed E-state index contributed by atoms with van der Waals surface area (Å²) in [6.07, 6.45) is 1.90. The molecule has 1 amide bonds. The number of para-hydroxylation sites is 1. The van der Waals surface area contributed by atoms with E-state index in [4.69, 9.17) is 15.2 Å². The number of benzene rings is 2. The highest BCUT2D eigenvalue weighted by atomic mass is 16.5. The molecule has 122 valence electrons. The van der Waals surface area contributed by atoms with Crippen LogP contribution in [0.2, 0.25) is 0 Å². The summed E-state index contributed by atoms with van der Waals surface area (Å²) >= 11 is 0. The number of amides is 1. The second kappa shape index (κ2) is 7.32. The Morgan fingerprint density at radius 1 is 0.958 bits per heavy atom. The zero-order chi connectivity index (χ0) is 16.8. The third-order valence-electron chi connectivity index (χ3n) is 3.26. The van der Waals surface area contributed by atoms with Gasteiger partial charge in [-0.05, 0) is 42.5 Å². The Bertz CT molecular complexity index is 798. The van der Waals surface area contributed by atoms with Crippen LogP contribution in [0.15, 0.2) is 66.9 Å². The average molecular weight is 323 g/mol. The van der Waals surface area contributed by atoms with Crippen LogP contribution in [-0.2, 0) is 11.4 Å². The van der Waals surface area contributed by atoms with Crippen molar-refractivity contribution in [1.82, 2.24) is 9.78 Å². The van der Waals surface area contributed by atoms with E-state index in [1.165, 1.54) is 0 Å². The van der Waals surface area contributed by atoms with Crippen molar-refractivity contribution < 1.29 is 14.3 Å². The Hall–Kier alpha value is -3.28.